The number of benzene rings is 1. The minimum Gasteiger partial charge on any atom is -0.385 e. The lowest BCUT2D eigenvalue weighted by Crippen LogP contribution is -2.53. The molecule has 0 aromatic heterocycles. The van der Waals surface area contributed by atoms with Crippen molar-refractivity contribution in [3.63, 3.8) is 0 Å². The summed E-state index contributed by atoms with van der Waals surface area (Å²) in [6.45, 7) is 1.88. The number of aliphatic hydroxyl groups is 1. The maximum absolute atomic E-state index is 12.9. The van der Waals surface area contributed by atoms with Crippen LogP contribution in [0.2, 0.25) is 0 Å². The van der Waals surface area contributed by atoms with Crippen LogP contribution in [-0.2, 0) is 4.79 Å². The van der Waals surface area contributed by atoms with Crippen LogP contribution in [0.15, 0.2) is 47.6 Å². The molecule has 4 aliphatic rings. The summed E-state index contributed by atoms with van der Waals surface area (Å²) < 4.78 is 0. The number of nitrogens with one attached hydrogen (secondary N) is 1. The molecule has 0 spiro atoms. The van der Waals surface area contributed by atoms with Crippen LogP contribution in [0.1, 0.15) is 28.8 Å². The second-order valence-electron chi connectivity index (χ2n) is 8.39. The van der Waals surface area contributed by atoms with E-state index >= 15 is 0 Å². The van der Waals surface area contributed by atoms with Gasteiger partial charge in [-0.1, -0.05) is 30.4 Å². The van der Waals surface area contributed by atoms with Gasteiger partial charge in [0.2, 0.25) is 0 Å². The molecule has 2 unspecified atom stereocenters. The molecule has 156 valence electrons. The largest absolute Gasteiger partial charge is 0.385 e. The number of rotatable bonds is 3. The number of piperazine rings is 1. The van der Waals surface area contributed by atoms with Crippen LogP contribution in [0.3, 0.4) is 0 Å². The van der Waals surface area contributed by atoms with Crippen LogP contribution in [0.25, 0.3) is 5.57 Å². The van der Waals surface area contributed by atoms with Crippen LogP contribution in [-0.4, -0.2) is 70.4 Å². The van der Waals surface area contributed by atoms with E-state index in [4.69, 9.17) is 5.73 Å². The molecule has 1 saturated carbocycles. The predicted molar refractivity (Wildman–Crippen MR) is 112 cm³/mol. The molecule has 8 heteroatoms. The van der Waals surface area contributed by atoms with Gasteiger partial charge in [-0.2, -0.15) is 5.10 Å². The van der Waals surface area contributed by atoms with E-state index in [9.17, 15) is 14.7 Å². The summed E-state index contributed by atoms with van der Waals surface area (Å²) in [7, 11) is 0. The van der Waals surface area contributed by atoms with Crippen LogP contribution >= 0.6 is 0 Å². The predicted octanol–water partition coefficient (Wildman–Crippen LogP) is 0.309. The van der Waals surface area contributed by atoms with Crippen molar-refractivity contribution in [2.24, 2.45) is 16.8 Å². The van der Waals surface area contributed by atoms with E-state index in [0.717, 1.165) is 11.1 Å². The number of hydrazone groups is 1. The molecule has 1 aromatic carbocycles. The Labute approximate surface area is 174 Å². The van der Waals surface area contributed by atoms with E-state index in [2.05, 4.69) is 22.7 Å². The van der Waals surface area contributed by atoms with Gasteiger partial charge in [-0.15, -0.1) is 0 Å². The number of amides is 2. The zero-order valence-corrected chi connectivity index (χ0v) is 16.6. The molecule has 0 bridgehead atoms. The third-order valence-electron chi connectivity index (χ3n) is 6.35. The molecule has 1 aromatic rings. The Kier molecular flexibility index (Phi) is 4.39. The van der Waals surface area contributed by atoms with Gasteiger partial charge in [-0.3, -0.25) is 9.59 Å². The summed E-state index contributed by atoms with van der Waals surface area (Å²) >= 11 is 0. The topological polar surface area (TPSA) is 111 Å². The number of hydrogen-bond donors (Lipinski definition) is 3. The third kappa shape index (κ3) is 3.27. The van der Waals surface area contributed by atoms with E-state index in [-0.39, 0.29) is 23.8 Å². The lowest BCUT2D eigenvalue weighted by molar-refractivity contribution is -0.143. The molecule has 4 N–H and O–H groups in total. The Balaban J connectivity index is 1.21. The van der Waals surface area contributed by atoms with Gasteiger partial charge in [0.15, 0.2) is 0 Å². The van der Waals surface area contributed by atoms with Crippen molar-refractivity contribution >= 4 is 23.2 Å². The number of hydrogen-bond acceptors (Lipinski definition) is 6. The lowest BCUT2D eigenvalue weighted by Gasteiger charge is -2.35. The van der Waals surface area contributed by atoms with Crippen molar-refractivity contribution in [3.05, 3.63) is 53.6 Å². The highest BCUT2D eigenvalue weighted by Crippen LogP contribution is 2.37. The monoisotopic (exact) mass is 407 g/mol. The molecule has 2 aliphatic carbocycles. The van der Waals surface area contributed by atoms with Crippen LogP contribution in [0.4, 0.5) is 0 Å². The van der Waals surface area contributed by atoms with Crippen molar-refractivity contribution in [3.8, 4) is 0 Å². The maximum atomic E-state index is 12.9. The number of carbonyl (C=O) groups is 2. The first-order valence-corrected chi connectivity index (χ1v) is 10.3. The van der Waals surface area contributed by atoms with Crippen molar-refractivity contribution in [2.45, 2.75) is 24.5 Å². The zero-order valence-electron chi connectivity index (χ0n) is 16.6. The minimum absolute atomic E-state index is 0.0364. The second kappa shape index (κ2) is 6.98. The van der Waals surface area contributed by atoms with Gasteiger partial charge in [-0.25, -0.2) is 0 Å². The Morgan fingerprint density at radius 1 is 1.10 bits per heavy atom. The summed E-state index contributed by atoms with van der Waals surface area (Å²) in [5.74, 6) is 0.464. The Morgan fingerprint density at radius 3 is 2.43 bits per heavy atom. The first-order chi connectivity index (χ1) is 14.4. The van der Waals surface area contributed by atoms with Gasteiger partial charge in [-0.05, 0) is 36.1 Å². The van der Waals surface area contributed by atoms with E-state index in [1.165, 1.54) is 0 Å². The van der Waals surface area contributed by atoms with Gasteiger partial charge in [0.05, 0.1) is 12.0 Å². The summed E-state index contributed by atoms with van der Waals surface area (Å²) in [6, 6.07) is 7.65. The first kappa shape index (κ1) is 18.9. The van der Waals surface area contributed by atoms with E-state index in [1.54, 1.807) is 9.80 Å². The molecular formula is C22H25N5O3. The fourth-order valence-corrected chi connectivity index (χ4v) is 4.22. The summed E-state index contributed by atoms with van der Waals surface area (Å²) in [5, 5.41) is 14.1. The standard InChI is InChI=1S/C22H25N5O3/c23-19-17-6-5-16(13-18(17)24-25-19)14-1-3-15(4-2-14)20(28)26-9-11-27(12-10-26)21(29)22(30)7-8-22/h1-6,13,17-18,24,30H,7-12H2,(H2,23,25). The van der Waals surface area contributed by atoms with Gasteiger partial charge in [0.1, 0.15) is 11.4 Å². The van der Waals surface area contributed by atoms with Crippen LogP contribution in [0.5, 0.6) is 0 Å². The van der Waals surface area contributed by atoms with E-state index < -0.39 is 5.60 Å². The van der Waals surface area contributed by atoms with Crippen molar-refractivity contribution in [1.82, 2.24) is 15.2 Å². The number of fused-ring (bicyclic) bond motifs is 1. The highest BCUT2D eigenvalue weighted by Gasteiger charge is 2.50. The maximum Gasteiger partial charge on any atom is 0.254 e. The van der Waals surface area contributed by atoms with Gasteiger partial charge >= 0.3 is 0 Å². The summed E-state index contributed by atoms with van der Waals surface area (Å²) in [6.07, 6.45) is 7.28. The molecule has 2 amide bonds. The van der Waals surface area contributed by atoms with Crippen molar-refractivity contribution in [2.75, 3.05) is 26.2 Å². The number of carbonyl (C=O) groups excluding carboxylic acids is 2. The normalized spacial score (nSPS) is 26.4. The highest BCUT2D eigenvalue weighted by molar-refractivity contribution is 5.95. The van der Waals surface area contributed by atoms with Crippen LogP contribution in [0, 0.1) is 5.92 Å². The second-order valence-corrected chi connectivity index (χ2v) is 8.39. The molecule has 1 saturated heterocycles. The van der Waals surface area contributed by atoms with Gasteiger partial charge < -0.3 is 26.1 Å². The fourth-order valence-electron chi connectivity index (χ4n) is 4.22. The molecule has 30 heavy (non-hydrogen) atoms. The summed E-state index contributed by atoms with van der Waals surface area (Å²) in [5.41, 5.74) is 10.5. The fraction of sp³-hybridized carbons (Fsp3) is 0.409. The molecule has 2 aliphatic heterocycles. The van der Waals surface area contributed by atoms with Crippen molar-refractivity contribution < 1.29 is 14.7 Å². The number of amidine groups is 1. The summed E-state index contributed by atoms with van der Waals surface area (Å²) in [4.78, 5) is 28.5. The van der Waals surface area contributed by atoms with Gasteiger partial charge in [0, 0.05) is 31.7 Å². The van der Waals surface area contributed by atoms with Crippen molar-refractivity contribution in [1.29, 1.82) is 0 Å². The van der Waals surface area contributed by atoms with Crippen LogP contribution < -0.4 is 11.2 Å². The number of nitrogens with two attached hydrogens (primary N) is 1. The zero-order chi connectivity index (χ0) is 20.9. The molecule has 2 fully saturated rings. The average Bonchev–Trinajstić information content (AvgIpc) is 3.44. The smallest absolute Gasteiger partial charge is 0.254 e. The molecule has 5 rings (SSSR count). The Hall–Kier alpha value is -3.13. The highest BCUT2D eigenvalue weighted by atomic mass is 16.3. The van der Waals surface area contributed by atoms with E-state index in [1.807, 2.05) is 30.3 Å². The number of allylic oxidation sites excluding steroid dienone is 2. The lowest BCUT2D eigenvalue weighted by atomic mass is 9.89. The average molecular weight is 407 g/mol. The molecule has 8 nitrogen and oxygen atoms in total. The molecule has 2 heterocycles. The number of nitrogens with zero attached hydrogens (tertiary/aromatic N) is 3. The minimum atomic E-state index is -1.14. The first-order valence-electron chi connectivity index (χ1n) is 10.3. The molecule has 0 radical (unpaired) electrons. The molecular weight excluding hydrogens is 382 g/mol. The molecule has 2 atom stereocenters. The Morgan fingerprint density at radius 2 is 1.77 bits per heavy atom. The van der Waals surface area contributed by atoms with E-state index in [0.29, 0.717) is 50.4 Å². The Bertz CT molecular complexity index is 969. The quantitative estimate of drug-likeness (QED) is 0.668. The SMILES string of the molecule is NC1=NNC2C=C(c3ccc(C(=O)N4CCN(C(=O)C5(O)CC5)CC4)cc3)C=CC12. The third-order valence-corrected chi connectivity index (χ3v) is 6.35. The van der Waals surface area contributed by atoms with Gasteiger partial charge in [0.25, 0.3) is 11.8 Å².